The average Bonchev–Trinajstić information content (AvgIpc) is 2.47. The van der Waals surface area contributed by atoms with Crippen LogP contribution in [0.15, 0.2) is 47.2 Å². The van der Waals surface area contributed by atoms with Crippen molar-refractivity contribution in [3.63, 3.8) is 0 Å². The number of rotatable bonds is 3. The third kappa shape index (κ3) is 3.98. The first kappa shape index (κ1) is 15.4. The Morgan fingerprint density at radius 2 is 2.10 bits per heavy atom. The lowest BCUT2D eigenvalue weighted by molar-refractivity contribution is -0.113. The summed E-state index contributed by atoms with van der Waals surface area (Å²) >= 11 is 3.42. The number of hydrogen-bond donors (Lipinski definition) is 0. The topological polar surface area (TPSA) is 33.2 Å². The molecule has 1 aromatic heterocycles. The number of carbonyl (C=O) groups excluding carboxylic acids is 1. The minimum atomic E-state index is -0.429. The second-order valence-corrected chi connectivity index (χ2v) is 5.45. The molecule has 0 unspecified atom stereocenters. The zero-order chi connectivity index (χ0) is 15.4. The molecule has 1 aromatic carbocycles. The van der Waals surface area contributed by atoms with E-state index in [4.69, 9.17) is 0 Å². The van der Waals surface area contributed by atoms with Crippen LogP contribution >= 0.6 is 15.9 Å². The Kier molecular flexibility index (Phi) is 4.85. The van der Waals surface area contributed by atoms with Gasteiger partial charge in [-0.05, 0) is 48.4 Å². The van der Waals surface area contributed by atoms with E-state index in [1.54, 1.807) is 13.1 Å². The summed E-state index contributed by atoms with van der Waals surface area (Å²) in [4.78, 5) is 17.4. The smallest absolute Gasteiger partial charge is 0.250 e. The molecular formula is C16H14BrFN2O. The van der Waals surface area contributed by atoms with E-state index in [1.807, 2.05) is 25.1 Å². The quantitative estimate of drug-likeness (QED) is 0.786. The number of halogens is 2. The van der Waals surface area contributed by atoms with Crippen molar-refractivity contribution in [1.82, 2.24) is 4.98 Å². The molecule has 108 valence electrons. The molecule has 1 heterocycles. The molecule has 3 nitrogen and oxygen atoms in total. The molecule has 21 heavy (non-hydrogen) atoms. The number of benzene rings is 1. The maximum atomic E-state index is 13.0. The Morgan fingerprint density at radius 3 is 2.76 bits per heavy atom. The summed E-state index contributed by atoms with van der Waals surface area (Å²) in [7, 11) is 1.69. The van der Waals surface area contributed by atoms with Crippen LogP contribution in [0.5, 0.6) is 0 Å². The average molecular weight is 349 g/mol. The third-order valence-corrected chi connectivity index (χ3v) is 3.89. The largest absolute Gasteiger partial charge is 0.312 e. The van der Waals surface area contributed by atoms with Crippen molar-refractivity contribution < 1.29 is 9.18 Å². The lowest BCUT2D eigenvalue weighted by atomic mass is 10.2. The SMILES string of the molecule is Cc1cc(N(C)C(=O)/C=C/c2cncc(F)c2)ccc1Br. The van der Waals surface area contributed by atoms with Crippen LogP contribution in [0, 0.1) is 12.7 Å². The first-order chi connectivity index (χ1) is 9.97. The Hall–Kier alpha value is -2.01. The highest BCUT2D eigenvalue weighted by molar-refractivity contribution is 9.10. The van der Waals surface area contributed by atoms with E-state index in [0.29, 0.717) is 5.56 Å². The number of pyridine rings is 1. The Labute approximate surface area is 131 Å². The first-order valence-electron chi connectivity index (χ1n) is 6.30. The van der Waals surface area contributed by atoms with Crippen molar-refractivity contribution in [2.24, 2.45) is 0 Å². The number of amides is 1. The molecule has 0 atom stereocenters. The van der Waals surface area contributed by atoms with Gasteiger partial charge in [-0.25, -0.2) is 4.39 Å². The van der Waals surface area contributed by atoms with Gasteiger partial charge in [0.15, 0.2) is 0 Å². The molecule has 0 spiro atoms. The van der Waals surface area contributed by atoms with Gasteiger partial charge in [-0.15, -0.1) is 0 Å². The second-order valence-electron chi connectivity index (χ2n) is 4.60. The molecule has 0 fully saturated rings. The molecule has 0 saturated heterocycles. The van der Waals surface area contributed by atoms with Crippen molar-refractivity contribution in [2.45, 2.75) is 6.92 Å². The fourth-order valence-corrected chi connectivity index (χ4v) is 2.01. The second kappa shape index (κ2) is 6.63. The molecule has 0 bridgehead atoms. The summed E-state index contributed by atoms with van der Waals surface area (Å²) < 4.78 is 14.0. The van der Waals surface area contributed by atoms with E-state index in [2.05, 4.69) is 20.9 Å². The van der Waals surface area contributed by atoms with Gasteiger partial charge in [0.2, 0.25) is 0 Å². The van der Waals surface area contributed by atoms with Crippen molar-refractivity contribution in [3.8, 4) is 0 Å². The van der Waals surface area contributed by atoms with Gasteiger partial charge in [-0.1, -0.05) is 15.9 Å². The monoisotopic (exact) mass is 348 g/mol. The molecule has 1 amide bonds. The molecular weight excluding hydrogens is 335 g/mol. The van der Waals surface area contributed by atoms with Crippen molar-refractivity contribution in [2.75, 3.05) is 11.9 Å². The van der Waals surface area contributed by atoms with Crippen LogP contribution in [-0.2, 0) is 4.79 Å². The third-order valence-electron chi connectivity index (χ3n) is 3.00. The maximum absolute atomic E-state index is 13.0. The fraction of sp³-hybridized carbons (Fsp3) is 0.125. The van der Waals surface area contributed by atoms with Gasteiger partial charge in [0.25, 0.3) is 5.91 Å². The van der Waals surface area contributed by atoms with E-state index in [0.717, 1.165) is 21.9 Å². The van der Waals surface area contributed by atoms with Crippen LogP contribution in [0.2, 0.25) is 0 Å². The van der Waals surface area contributed by atoms with Crippen molar-refractivity contribution in [1.29, 1.82) is 0 Å². The van der Waals surface area contributed by atoms with Crippen molar-refractivity contribution in [3.05, 3.63) is 64.2 Å². The molecule has 0 saturated carbocycles. The summed E-state index contributed by atoms with van der Waals surface area (Å²) in [6.45, 7) is 1.96. The number of aryl methyl sites for hydroxylation is 1. The van der Waals surface area contributed by atoms with E-state index >= 15 is 0 Å². The minimum absolute atomic E-state index is 0.194. The predicted octanol–water partition coefficient (Wildman–Crippen LogP) is 3.97. The standard InChI is InChI=1S/C16H14BrFN2O/c1-11-7-14(4-5-15(11)17)20(2)16(21)6-3-12-8-13(18)10-19-9-12/h3-10H,1-2H3/b6-3+. The Bertz CT molecular complexity index is 700. The van der Waals surface area contributed by atoms with Gasteiger partial charge in [0.05, 0.1) is 6.20 Å². The van der Waals surface area contributed by atoms with Crippen LogP contribution in [0.4, 0.5) is 10.1 Å². The highest BCUT2D eigenvalue weighted by atomic mass is 79.9. The van der Waals surface area contributed by atoms with Crippen LogP contribution < -0.4 is 4.90 Å². The summed E-state index contributed by atoms with van der Waals surface area (Å²) in [5.41, 5.74) is 2.39. The normalized spacial score (nSPS) is 10.9. The number of likely N-dealkylation sites (N-methyl/N-ethyl adjacent to an activating group) is 1. The van der Waals surface area contributed by atoms with E-state index < -0.39 is 5.82 Å². The number of carbonyl (C=O) groups is 1. The minimum Gasteiger partial charge on any atom is -0.312 e. The highest BCUT2D eigenvalue weighted by Gasteiger charge is 2.08. The van der Waals surface area contributed by atoms with Gasteiger partial charge >= 0.3 is 0 Å². The lowest BCUT2D eigenvalue weighted by Gasteiger charge is -2.16. The van der Waals surface area contributed by atoms with Crippen molar-refractivity contribution >= 4 is 33.6 Å². The van der Waals surface area contributed by atoms with Gasteiger partial charge in [-0.3, -0.25) is 9.78 Å². The molecule has 5 heteroatoms. The predicted molar refractivity (Wildman–Crippen MR) is 85.5 cm³/mol. The molecule has 2 rings (SSSR count). The number of aromatic nitrogens is 1. The highest BCUT2D eigenvalue weighted by Crippen LogP contribution is 2.22. The maximum Gasteiger partial charge on any atom is 0.250 e. The molecule has 2 aromatic rings. The summed E-state index contributed by atoms with van der Waals surface area (Å²) in [6.07, 6.45) is 5.56. The van der Waals surface area contributed by atoms with Crippen LogP contribution in [0.1, 0.15) is 11.1 Å². The molecule has 0 radical (unpaired) electrons. The molecule has 0 aliphatic carbocycles. The van der Waals surface area contributed by atoms with Crippen LogP contribution in [0.3, 0.4) is 0 Å². The van der Waals surface area contributed by atoms with Crippen LogP contribution in [0.25, 0.3) is 6.08 Å². The fourth-order valence-electron chi connectivity index (χ4n) is 1.76. The Morgan fingerprint density at radius 1 is 1.33 bits per heavy atom. The molecule has 0 N–H and O–H groups in total. The number of nitrogens with zero attached hydrogens (tertiary/aromatic N) is 2. The van der Waals surface area contributed by atoms with Crippen LogP contribution in [-0.4, -0.2) is 17.9 Å². The van der Waals surface area contributed by atoms with Gasteiger partial charge in [-0.2, -0.15) is 0 Å². The van der Waals surface area contributed by atoms with E-state index in [-0.39, 0.29) is 5.91 Å². The number of hydrogen-bond acceptors (Lipinski definition) is 2. The zero-order valence-corrected chi connectivity index (χ0v) is 13.3. The lowest BCUT2D eigenvalue weighted by Crippen LogP contribution is -2.23. The van der Waals surface area contributed by atoms with Gasteiger partial charge in [0.1, 0.15) is 5.82 Å². The molecule has 0 aliphatic heterocycles. The molecule has 0 aliphatic rings. The summed E-state index contributed by atoms with van der Waals surface area (Å²) in [6, 6.07) is 6.99. The summed E-state index contributed by atoms with van der Waals surface area (Å²) in [5.74, 6) is -0.623. The van der Waals surface area contributed by atoms with Gasteiger partial charge in [0, 0.05) is 29.5 Å². The zero-order valence-electron chi connectivity index (χ0n) is 11.7. The van der Waals surface area contributed by atoms with E-state index in [9.17, 15) is 9.18 Å². The Balaban J connectivity index is 2.14. The number of anilines is 1. The van der Waals surface area contributed by atoms with Gasteiger partial charge < -0.3 is 4.90 Å². The first-order valence-corrected chi connectivity index (χ1v) is 7.09. The summed E-state index contributed by atoms with van der Waals surface area (Å²) in [5, 5.41) is 0. The van der Waals surface area contributed by atoms with E-state index in [1.165, 1.54) is 23.2 Å².